The van der Waals surface area contributed by atoms with Crippen molar-refractivity contribution in [1.82, 2.24) is 5.43 Å². The highest BCUT2D eigenvalue weighted by Gasteiger charge is 2.07. The maximum absolute atomic E-state index is 5.64. The summed E-state index contributed by atoms with van der Waals surface area (Å²) >= 11 is 0. The molecule has 0 unspecified atom stereocenters. The summed E-state index contributed by atoms with van der Waals surface area (Å²) < 4.78 is 0. The molecule has 3 N–H and O–H groups in total. The molecule has 0 saturated carbocycles. The highest BCUT2D eigenvalue weighted by molar-refractivity contribution is 5.18. The monoisotopic (exact) mass is 248 g/mol. The van der Waals surface area contributed by atoms with Crippen molar-refractivity contribution in [2.45, 2.75) is 64.3 Å². The van der Waals surface area contributed by atoms with Gasteiger partial charge in [0.1, 0.15) is 0 Å². The van der Waals surface area contributed by atoms with Crippen molar-refractivity contribution in [2.24, 2.45) is 5.84 Å². The molecular formula is C16H28N2. The van der Waals surface area contributed by atoms with Crippen LogP contribution in [-0.2, 0) is 0 Å². The van der Waals surface area contributed by atoms with Crippen LogP contribution in [0.15, 0.2) is 30.3 Å². The van der Waals surface area contributed by atoms with E-state index < -0.39 is 0 Å². The predicted octanol–water partition coefficient (Wildman–Crippen LogP) is 4.33. The normalized spacial score (nSPS) is 12.6. The van der Waals surface area contributed by atoms with Crippen LogP contribution < -0.4 is 11.3 Å². The second-order valence-electron chi connectivity index (χ2n) is 5.04. The number of hydrazine groups is 1. The molecule has 0 bridgehead atoms. The molecule has 2 heteroatoms. The standard InChI is InChI=1S/C16H28N2/c1-2-3-4-5-6-7-11-14-16(18-17)15-12-9-8-10-13-15/h8-10,12-13,16,18H,2-7,11,14,17H2,1H3/t16-/m0/s1. The molecule has 0 radical (unpaired) electrons. The fourth-order valence-corrected chi connectivity index (χ4v) is 2.34. The number of nitrogens with one attached hydrogen (secondary N) is 1. The lowest BCUT2D eigenvalue weighted by Crippen LogP contribution is -2.27. The van der Waals surface area contributed by atoms with E-state index in [1.54, 1.807) is 0 Å². The summed E-state index contributed by atoms with van der Waals surface area (Å²) in [6.07, 6.45) is 10.6. The number of benzene rings is 1. The third-order valence-corrected chi connectivity index (χ3v) is 3.50. The van der Waals surface area contributed by atoms with E-state index in [0.29, 0.717) is 6.04 Å². The van der Waals surface area contributed by atoms with Gasteiger partial charge in [-0.05, 0) is 12.0 Å². The van der Waals surface area contributed by atoms with Gasteiger partial charge < -0.3 is 0 Å². The molecule has 0 aromatic heterocycles. The average Bonchev–Trinajstić information content (AvgIpc) is 2.43. The van der Waals surface area contributed by atoms with Crippen LogP contribution in [0.2, 0.25) is 0 Å². The number of nitrogens with two attached hydrogens (primary N) is 1. The van der Waals surface area contributed by atoms with E-state index in [1.807, 2.05) is 6.07 Å². The first kappa shape index (κ1) is 15.2. The molecule has 0 aliphatic carbocycles. The molecule has 1 aromatic carbocycles. The van der Waals surface area contributed by atoms with Crippen molar-refractivity contribution in [1.29, 1.82) is 0 Å². The van der Waals surface area contributed by atoms with Gasteiger partial charge in [0, 0.05) is 6.04 Å². The molecular weight excluding hydrogens is 220 g/mol. The molecule has 0 amide bonds. The lowest BCUT2D eigenvalue weighted by Gasteiger charge is -2.16. The van der Waals surface area contributed by atoms with Crippen molar-refractivity contribution in [2.75, 3.05) is 0 Å². The predicted molar refractivity (Wildman–Crippen MR) is 79.1 cm³/mol. The molecule has 1 atom stereocenters. The lowest BCUT2D eigenvalue weighted by molar-refractivity contribution is 0.476. The second kappa shape index (κ2) is 10.1. The topological polar surface area (TPSA) is 38.0 Å². The van der Waals surface area contributed by atoms with Crippen LogP contribution in [0.5, 0.6) is 0 Å². The van der Waals surface area contributed by atoms with Crippen molar-refractivity contribution in [3.63, 3.8) is 0 Å². The summed E-state index contributed by atoms with van der Waals surface area (Å²) in [7, 11) is 0. The molecule has 0 aliphatic rings. The van der Waals surface area contributed by atoms with E-state index in [4.69, 9.17) is 5.84 Å². The van der Waals surface area contributed by atoms with Crippen molar-refractivity contribution >= 4 is 0 Å². The summed E-state index contributed by atoms with van der Waals surface area (Å²) in [5.74, 6) is 5.64. The van der Waals surface area contributed by atoms with Gasteiger partial charge in [-0.3, -0.25) is 11.3 Å². The Balaban J connectivity index is 2.13. The van der Waals surface area contributed by atoms with E-state index in [1.165, 1.54) is 50.5 Å². The number of hydrogen-bond donors (Lipinski definition) is 2. The Kier molecular flexibility index (Phi) is 8.53. The van der Waals surface area contributed by atoms with Gasteiger partial charge in [-0.15, -0.1) is 0 Å². The molecule has 0 heterocycles. The van der Waals surface area contributed by atoms with Crippen molar-refractivity contribution < 1.29 is 0 Å². The van der Waals surface area contributed by atoms with Crippen molar-refractivity contribution in [3.05, 3.63) is 35.9 Å². The van der Waals surface area contributed by atoms with Gasteiger partial charge in [0.15, 0.2) is 0 Å². The van der Waals surface area contributed by atoms with Gasteiger partial charge in [-0.25, -0.2) is 0 Å². The zero-order valence-corrected chi connectivity index (χ0v) is 11.7. The Morgan fingerprint density at radius 1 is 0.944 bits per heavy atom. The Labute approximate surface area is 112 Å². The molecule has 0 saturated heterocycles. The third-order valence-electron chi connectivity index (χ3n) is 3.50. The SMILES string of the molecule is CCCCCCCCC[C@H](NN)c1ccccc1. The molecule has 2 nitrogen and oxygen atoms in total. The molecule has 1 rings (SSSR count). The van der Waals surface area contributed by atoms with E-state index >= 15 is 0 Å². The van der Waals surface area contributed by atoms with Gasteiger partial charge in [0.05, 0.1) is 0 Å². The summed E-state index contributed by atoms with van der Waals surface area (Å²) in [4.78, 5) is 0. The van der Waals surface area contributed by atoms with Crippen LogP contribution in [0, 0.1) is 0 Å². The second-order valence-corrected chi connectivity index (χ2v) is 5.04. The maximum atomic E-state index is 5.64. The summed E-state index contributed by atoms with van der Waals surface area (Å²) in [5, 5.41) is 0. The molecule has 0 fully saturated rings. The quantitative estimate of drug-likeness (QED) is 0.367. The first-order chi connectivity index (χ1) is 8.88. The largest absolute Gasteiger partial charge is 0.271 e. The van der Waals surface area contributed by atoms with Crippen LogP contribution in [0.4, 0.5) is 0 Å². The minimum absolute atomic E-state index is 0.307. The number of hydrogen-bond acceptors (Lipinski definition) is 2. The maximum Gasteiger partial charge on any atom is 0.0460 e. The fourth-order valence-electron chi connectivity index (χ4n) is 2.34. The summed E-state index contributed by atoms with van der Waals surface area (Å²) in [5.41, 5.74) is 4.23. The Morgan fingerprint density at radius 2 is 1.56 bits per heavy atom. The Bertz CT molecular complexity index is 284. The summed E-state index contributed by atoms with van der Waals surface area (Å²) in [6, 6.07) is 10.8. The lowest BCUT2D eigenvalue weighted by atomic mass is 10.00. The van der Waals surface area contributed by atoms with Gasteiger partial charge >= 0.3 is 0 Å². The smallest absolute Gasteiger partial charge is 0.0460 e. The zero-order chi connectivity index (χ0) is 13.1. The molecule has 0 aliphatic heterocycles. The Morgan fingerprint density at radius 3 is 2.17 bits per heavy atom. The van der Waals surface area contributed by atoms with Gasteiger partial charge in [-0.2, -0.15) is 0 Å². The third kappa shape index (κ3) is 6.18. The summed E-state index contributed by atoms with van der Waals surface area (Å²) in [6.45, 7) is 2.26. The Hall–Kier alpha value is -0.860. The minimum Gasteiger partial charge on any atom is -0.271 e. The van der Waals surface area contributed by atoms with E-state index in [-0.39, 0.29) is 0 Å². The van der Waals surface area contributed by atoms with E-state index in [2.05, 4.69) is 36.6 Å². The fraction of sp³-hybridized carbons (Fsp3) is 0.625. The zero-order valence-electron chi connectivity index (χ0n) is 11.7. The van der Waals surface area contributed by atoms with Crippen LogP contribution in [-0.4, -0.2) is 0 Å². The van der Waals surface area contributed by atoms with Crippen molar-refractivity contribution in [3.8, 4) is 0 Å². The number of rotatable bonds is 10. The molecule has 102 valence electrons. The van der Waals surface area contributed by atoms with Crippen LogP contribution in [0.25, 0.3) is 0 Å². The van der Waals surface area contributed by atoms with Crippen LogP contribution >= 0.6 is 0 Å². The molecule has 1 aromatic rings. The first-order valence-electron chi connectivity index (χ1n) is 7.39. The van der Waals surface area contributed by atoms with Gasteiger partial charge in [-0.1, -0.05) is 82.2 Å². The molecule has 18 heavy (non-hydrogen) atoms. The first-order valence-corrected chi connectivity index (χ1v) is 7.39. The highest BCUT2D eigenvalue weighted by atomic mass is 15.2. The van der Waals surface area contributed by atoms with Gasteiger partial charge in [0.2, 0.25) is 0 Å². The highest BCUT2D eigenvalue weighted by Crippen LogP contribution is 2.19. The number of unbranched alkanes of at least 4 members (excludes halogenated alkanes) is 6. The van der Waals surface area contributed by atoms with Crippen LogP contribution in [0.3, 0.4) is 0 Å². The van der Waals surface area contributed by atoms with E-state index in [0.717, 1.165) is 6.42 Å². The minimum atomic E-state index is 0.307. The molecule has 0 spiro atoms. The van der Waals surface area contributed by atoms with Crippen LogP contribution in [0.1, 0.15) is 69.9 Å². The van der Waals surface area contributed by atoms with E-state index in [9.17, 15) is 0 Å². The van der Waals surface area contributed by atoms with Gasteiger partial charge in [0.25, 0.3) is 0 Å². The average molecular weight is 248 g/mol.